The Kier molecular flexibility index (Phi) is 6.53. The van der Waals surface area contributed by atoms with Crippen molar-refractivity contribution in [3.8, 4) is 6.07 Å². The molecule has 1 aliphatic heterocycles. The Morgan fingerprint density at radius 2 is 2.03 bits per heavy atom. The first kappa shape index (κ1) is 22.7. The molecular formula is C27H32N2O2S. The summed E-state index contributed by atoms with van der Waals surface area (Å²) in [5.74, 6) is -0.518. The molecule has 168 valence electrons. The van der Waals surface area contributed by atoms with E-state index in [1.165, 1.54) is 52.4 Å². The molecule has 4 nitrogen and oxygen atoms in total. The second kappa shape index (κ2) is 9.19. The van der Waals surface area contributed by atoms with Gasteiger partial charge < -0.3 is 9.64 Å². The third-order valence-corrected chi connectivity index (χ3v) is 7.68. The lowest BCUT2D eigenvalue weighted by Crippen LogP contribution is -2.21. The molecule has 4 rings (SSSR count). The standard InChI is InChI=1S/C27H32N2O2S/c1-5-29-23-12-11-19-9-7-8-10-21(19)25(23)32-24(29)14-18-13-20(16-27(3,4)15-18)22(17-28)26(30)31-6-2/h11-14H,5-10,15-16H2,1-4H3/b22-20+,24-14+. The highest BCUT2D eigenvalue weighted by molar-refractivity contribution is 8.03. The van der Waals surface area contributed by atoms with Gasteiger partial charge in [0.25, 0.3) is 0 Å². The minimum atomic E-state index is -0.518. The predicted molar refractivity (Wildman–Crippen MR) is 130 cm³/mol. The number of hydrogen-bond donors (Lipinski definition) is 0. The molecule has 32 heavy (non-hydrogen) atoms. The first-order chi connectivity index (χ1) is 15.4. The van der Waals surface area contributed by atoms with Crippen LogP contribution < -0.4 is 4.90 Å². The van der Waals surface area contributed by atoms with Crippen molar-refractivity contribution in [2.45, 2.75) is 71.1 Å². The summed E-state index contributed by atoms with van der Waals surface area (Å²) in [7, 11) is 0. The highest BCUT2D eigenvalue weighted by Gasteiger charge is 2.32. The lowest BCUT2D eigenvalue weighted by atomic mass is 9.74. The van der Waals surface area contributed by atoms with E-state index in [1.54, 1.807) is 6.92 Å². The number of benzene rings is 1. The fourth-order valence-electron chi connectivity index (χ4n) is 5.14. The second-order valence-corrected chi connectivity index (χ2v) is 10.6. The molecular weight excluding hydrogens is 416 g/mol. The van der Waals surface area contributed by atoms with Crippen LogP contribution in [0.5, 0.6) is 0 Å². The number of anilines is 1. The molecule has 0 saturated heterocycles. The topological polar surface area (TPSA) is 53.3 Å². The van der Waals surface area contributed by atoms with Gasteiger partial charge >= 0.3 is 5.97 Å². The summed E-state index contributed by atoms with van der Waals surface area (Å²) in [6.45, 7) is 9.54. The first-order valence-corrected chi connectivity index (χ1v) is 12.5. The van der Waals surface area contributed by atoms with E-state index in [1.807, 2.05) is 17.8 Å². The van der Waals surface area contributed by atoms with Gasteiger partial charge in [0, 0.05) is 11.4 Å². The van der Waals surface area contributed by atoms with Gasteiger partial charge in [0.05, 0.1) is 17.3 Å². The van der Waals surface area contributed by atoms with E-state index in [-0.39, 0.29) is 17.6 Å². The maximum absolute atomic E-state index is 12.4. The maximum atomic E-state index is 12.4. The summed E-state index contributed by atoms with van der Waals surface area (Å²) < 4.78 is 5.14. The van der Waals surface area contributed by atoms with Crippen molar-refractivity contribution in [3.63, 3.8) is 0 Å². The van der Waals surface area contributed by atoms with Crippen LogP contribution in [0.2, 0.25) is 0 Å². The van der Waals surface area contributed by atoms with Crippen LogP contribution in [-0.4, -0.2) is 19.1 Å². The Bertz CT molecular complexity index is 1070. The Morgan fingerprint density at radius 3 is 2.75 bits per heavy atom. The fraction of sp³-hybridized carbons (Fsp3) is 0.481. The van der Waals surface area contributed by atoms with Crippen LogP contribution in [0, 0.1) is 16.7 Å². The zero-order chi connectivity index (χ0) is 22.9. The van der Waals surface area contributed by atoms with Gasteiger partial charge in [0.2, 0.25) is 0 Å². The largest absolute Gasteiger partial charge is 0.462 e. The van der Waals surface area contributed by atoms with Crippen molar-refractivity contribution in [1.82, 2.24) is 0 Å². The molecule has 0 spiro atoms. The molecule has 0 saturated carbocycles. The molecule has 0 unspecified atom stereocenters. The number of fused-ring (bicyclic) bond motifs is 3. The molecule has 0 radical (unpaired) electrons. The number of carbonyl (C=O) groups excluding carboxylic acids is 1. The van der Waals surface area contributed by atoms with Gasteiger partial charge in [-0.25, -0.2) is 4.79 Å². The number of esters is 1. The van der Waals surface area contributed by atoms with Crippen molar-refractivity contribution in [2.24, 2.45) is 5.41 Å². The molecule has 1 aromatic rings. The number of nitrogens with zero attached hydrogens (tertiary/aromatic N) is 2. The number of rotatable bonds is 4. The molecule has 0 aromatic heterocycles. The normalized spacial score (nSPS) is 22.0. The quantitative estimate of drug-likeness (QED) is 0.300. The summed E-state index contributed by atoms with van der Waals surface area (Å²) in [6.07, 6.45) is 10.8. The van der Waals surface area contributed by atoms with Crippen molar-refractivity contribution in [1.29, 1.82) is 5.26 Å². The lowest BCUT2D eigenvalue weighted by Gasteiger charge is -2.31. The van der Waals surface area contributed by atoms with E-state index >= 15 is 0 Å². The molecule has 2 aliphatic carbocycles. The van der Waals surface area contributed by atoms with Gasteiger partial charge in [-0.15, -0.1) is 0 Å². The van der Waals surface area contributed by atoms with Gasteiger partial charge in [0.15, 0.2) is 0 Å². The first-order valence-electron chi connectivity index (χ1n) is 11.7. The number of thioether (sulfide) groups is 1. The zero-order valence-corrected chi connectivity index (χ0v) is 20.4. The molecule has 5 heteroatoms. The van der Waals surface area contributed by atoms with Crippen molar-refractivity contribution in [2.75, 3.05) is 18.1 Å². The Morgan fingerprint density at radius 1 is 1.25 bits per heavy atom. The van der Waals surface area contributed by atoms with E-state index in [9.17, 15) is 10.1 Å². The van der Waals surface area contributed by atoms with Crippen molar-refractivity contribution in [3.05, 3.63) is 57.2 Å². The molecule has 0 fully saturated rings. The Hall–Kier alpha value is -2.45. The van der Waals surface area contributed by atoms with Crippen LogP contribution in [0.4, 0.5) is 5.69 Å². The number of nitriles is 1. The molecule has 3 aliphatic rings. The van der Waals surface area contributed by atoms with Crippen molar-refractivity contribution < 1.29 is 9.53 Å². The number of aryl methyl sites for hydroxylation is 1. The summed E-state index contributed by atoms with van der Waals surface area (Å²) in [6, 6.07) is 6.71. The SMILES string of the molecule is CCOC(=O)/C(C#N)=C1C=C(/C=C2/Sc3c(ccc4c3CCCC4)N2CC)CC(C)(C)C\1. The highest BCUT2D eigenvalue weighted by atomic mass is 32.2. The predicted octanol–water partition coefficient (Wildman–Crippen LogP) is 6.47. The van der Waals surface area contributed by atoms with E-state index in [2.05, 4.69) is 49.9 Å². The lowest BCUT2D eigenvalue weighted by molar-refractivity contribution is -0.138. The molecule has 0 atom stereocenters. The van der Waals surface area contributed by atoms with Crippen LogP contribution in [0.15, 0.2) is 50.9 Å². The van der Waals surface area contributed by atoms with Crippen LogP contribution in [0.1, 0.15) is 64.5 Å². The van der Waals surface area contributed by atoms with Crippen molar-refractivity contribution >= 4 is 23.4 Å². The van der Waals surface area contributed by atoms with Gasteiger partial charge in [0.1, 0.15) is 11.6 Å². The monoisotopic (exact) mass is 448 g/mol. The van der Waals surface area contributed by atoms with Gasteiger partial charge in [-0.3, -0.25) is 0 Å². The summed E-state index contributed by atoms with van der Waals surface area (Å²) in [4.78, 5) is 16.2. The third kappa shape index (κ3) is 4.38. The average Bonchev–Trinajstić information content (AvgIpc) is 3.10. The Balaban J connectivity index is 1.74. The zero-order valence-electron chi connectivity index (χ0n) is 19.6. The van der Waals surface area contributed by atoms with E-state index in [4.69, 9.17) is 4.74 Å². The van der Waals surface area contributed by atoms with Crippen LogP contribution >= 0.6 is 11.8 Å². The smallest absolute Gasteiger partial charge is 0.349 e. The van der Waals surface area contributed by atoms with Gasteiger partial charge in [-0.1, -0.05) is 37.8 Å². The van der Waals surface area contributed by atoms with Crippen LogP contribution in [0.25, 0.3) is 0 Å². The number of allylic oxidation sites excluding steroid dienone is 4. The van der Waals surface area contributed by atoms with E-state index < -0.39 is 5.97 Å². The molecule has 1 heterocycles. The van der Waals surface area contributed by atoms with Crippen LogP contribution in [-0.2, 0) is 22.4 Å². The maximum Gasteiger partial charge on any atom is 0.349 e. The highest BCUT2D eigenvalue weighted by Crippen LogP contribution is 2.51. The van der Waals surface area contributed by atoms with E-state index in [0.717, 1.165) is 24.1 Å². The third-order valence-electron chi connectivity index (χ3n) is 6.47. The molecule has 0 N–H and O–H groups in total. The number of ether oxygens (including phenoxy) is 1. The average molecular weight is 449 g/mol. The van der Waals surface area contributed by atoms with Gasteiger partial charge in [-0.2, -0.15) is 5.26 Å². The minimum Gasteiger partial charge on any atom is -0.462 e. The minimum absolute atomic E-state index is 0.0304. The van der Waals surface area contributed by atoms with Crippen LogP contribution in [0.3, 0.4) is 0 Å². The summed E-state index contributed by atoms with van der Waals surface area (Å²) in [5, 5.41) is 10.9. The summed E-state index contributed by atoms with van der Waals surface area (Å²) >= 11 is 1.88. The Labute approximate surface area is 196 Å². The van der Waals surface area contributed by atoms with Gasteiger partial charge in [-0.05, 0) is 92.2 Å². The van der Waals surface area contributed by atoms with E-state index in [0.29, 0.717) is 6.42 Å². The summed E-state index contributed by atoms with van der Waals surface area (Å²) in [5.41, 5.74) is 6.42. The number of carbonyl (C=O) groups is 1. The molecule has 0 bridgehead atoms. The fourth-order valence-corrected chi connectivity index (χ4v) is 6.54. The molecule has 0 amide bonds. The molecule has 1 aromatic carbocycles. The number of hydrogen-bond acceptors (Lipinski definition) is 5. The second-order valence-electron chi connectivity index (χ2n) is 9.56.